The van der Waals surface area contributed by atoms with Crippen LogP contribution < -0.4 is 5.32 Å². The van der Waals surface area contributed by atoms with Gasteiger partial charge in [-0.1, -0.05) is 35.5 Å². The van der Waals surface area contributed by atoms with Crippen molar-refractivity contribution in [3.8, 4) is 11.3 Å². The lowest BCUT2D eigenvalue weighted by Crippen LogP contribution is -2.23. The van der Waals surface area contributed by atoms with Gasteiger partial charge in [-0.15, -0.1) is 0 Å². The van der Waals surface area contributed by atoms with Crippen LogP contribution in [0.3, 0.4) is 0 Å². The quantitative estimate of drug-likeness (QED) is 0.786. The molecule has 0 aliphatic heterocycles. The van der Waals surface area contributed by atoms with Crippen molar-refractivity contribution in [3.63, 3.8) is 0 Å². The van der Waals surface area contributed by atoms with E-state index in [1.807, 2.05) is 48.9 Å². The molecule has 0 unspecified atom stereocenters. The minimum Gasteiger partial charge on any atom is -0.355 e. The summed E-state index contributed by atoms with van der Waals surface area (Å²) in [5.74, 6) is 0.310. The van der Waals surface area contributed by atoms with Crippen molar-refractivity contribution in [1.29, 1.82) is 0 Å². The lowest BCUT2D eigenvalue weighted by molar-refractivity contribution is 0.0942. The van der Waals surface area contributed by atoms with Gasteiger partial charge in [-0.25, -0.2) is 0 Å². The van der Waals surface area contributed by atoms with Crippen LogP contribution in [0, 0.1) is 6.92 Å². The molecule has 0 aliphatic carbocycles. The van der Waals surface area contributed by atoms with Gasteiger partial charge in [0.05, 0.1) is 6.20 Å². The van der Waals surface area contributed by atoms with Crippen LogP contribution >= 0.6 is 0 Å². The van der Waals surface area contributed by atoms with Crippen LogP contribution in [0.15, 0.2) is 47.1 Å². The molecule has 0 aliphatic rings. The summed E-state index contributed by atoms with van der Waals surface area (Å²) in [7, 11) is 0. The van der Waals surface area contributed by atoms with Crippen LogP contribution in [0.1, 0.15) is 28.7 Å². The first kappa shape index (κ1) is 15.0. The molecule has 23 heavy (non-hydrogen) atoms. The summed E-state index contributed by atoms with van der Waals surface area (Å²) in [5.41, 5.74) is 3.20. The smallest absolute Gasteiger partial charge is 0.273 e. The van der Waals surface area contributed by atoms with Crippen LogP contribution in [0.25, 0.3) is 11.3 Å². The molecule has 0 saturated carbocycles. The van der Waals surface area contributed by atoms with Crippen molar-refractivity contribution < 1.29 is 9.32 Å². The van der Waals surface area contributed by atoms with Gasteiger partial charge in [-0.05, 0) is 13.8 Å². The highest BCUT2D eigenvalue weighted by Crippen LogP contribution is 2.19. The third-order valence-corrected chi connectivity index (χ3v) is 3.74. The third-order valence-electron chi connectivity index (χ3n) is 3.74. The first-order valence-electron chi connectivity index (χ1n) is 7.50. The maximum absolute atomic E-state index is 12.2. The van der Waals surface area contributed by atoms with E-state index in [2.05, 4.69) is 15.6 Å². The monoisotopic (exact) mass is 310 g/mol. The second-order valence-electron chi connectivity index (χ2n) is 5.20. The second kappa shape index (κ2) is 6.48. The number of nitrogens with zero attached hydrogens (tertiary/aromatic N) is 3. The number of carbonyl (C=O) groups is 1. The van der Waals surface area contributed by atoms with Crippen molar-refractivity contribution in [3.05, 3.63) is 59.5 Å². The fourth-order valence-corrected chi connectivity index (χ4v) is 2.36. The highest BCUT2D eigenvalue weighted by Gasteiger charge is 2.14. The molecule has 0 radical (unpaired) electrons. The number of amides is 1. The Labute approximate surface area is 134 Å². The zero-order valence-corrected chi connectivity index (χ0v) is 13.1. The Balaban J connectivity index is 1.67. The van der Waals surface area contributed by atoms with E-state index in [-0.39, 0.29) is 11.6 Å². The van der Waals surface area contributed by atoms with Gasteiger partial charge in [0.15, 0.2) is 11.5 Å². The number of aryl methyl sites for hydroxylation is 1. The maximum atomic E-state index is 12.2. The molecule has 3 rings (SSSR count). The largest absolute Gasteiger partial charge is 0.355 e. The predicted octanol–water partition coefficient (Wildman–Crippen LogP) is 2.80. The summed E-state index contributed by atoms with van der Waals surface area (Å²) in [6, 6.07) is 11.2. The number of nitrogens with one attached hydrogen (secondary N) is 1. The number of hydrogen-bond acceptors (Lipinski definition) is 4. The summed E-state index contributed by atoms with van der Waals surface area (Å²) < 4.78 is 7.14. The fourth-order valence-electron chi connectivity index (χ4n) is 2.36. The molecule has 0 atom stereocenters. The van der Waals surface area contributed by atoms with Crippen LogP contribution in [0.2, 0.25) is 0 Å². The van der Waals surface area contributed by atoms with Gasteiger partial charge in [0, 0.05) is 36.0 Å². The summed E-state index contributed by atoms with van der Waals surface area (Å²) >= 11 is 0. The average molecular weight is 310 g/mol. The summed E-state index contributed by atoms with van der Waals surface area (Å²) in [6.07, 6.45) is 1.78. The molecule has 2 heterocycles. The Hall–Kier alpha value is -2.89. The van der Waals surface area contributed by atoms with Crippen LogP contribution in [-0.2, 0) is 13.1 Å². The minimum absolute atomic E-state index is 0.264. The van der Waals surface area contributed by atoms with Crippen LogP contribution in [0.4, 0.5) is 0 Å². The van der Waals surface area contributed by atoms with Crippen molar-refractivity contribution in [2.45, 2.75) is 26.9 Å². The van der Waals surface area contributed by atoms with E-state index in [1.165, 1.54) is 0 Å². The van der Waals surface area contributed by atoms with Gasteiger partial charge in [-0.3, -0.25) is 9.48 Å². The van der Waals surface area contributed by atoms with E-state index in [0.717, 1.165) is 23.4 Å². The number of carbonyl (C=O) groups excluding carboxylic acids is 1. The molecule has 6 heteroatoms. The zero-order chi connectivity index (χ0) is 16.2. The molecule has 0 saturated heterocycles. The molecular formula is C17H18N4O2. The molecule has 6 nitrogen and oxygen atoms in total. The molecule has 1 aromatic carbocycles. The van der Waals surface area contributed by atoms with Gasteiger partial charge in [0.1, 0.15) is 0 Å². The summed E-state index contributed by atoms with van der Waals surface area (Å²) in [4.78, 5) is 12.2. The number of rotatable bonds is 5. The third kappa shape index (κ3) is 3.15. The van der Waals surface area contributed by atoms with Crippen LogP contribution in [0.5, 0.6) is 0 Å². The molecular weight excluding hydrogens is 292 g/mol. The molecule has 2 aromatic heterocycles. The summed E-state index contributed by atoms with van der Waals surface area (Å²) in [6.45, 7) is 5.24. The molecule has 3 aromatic rings. The van der Waals surface area contributed by atoms with Crippen molar-refractivity contribution in [2.75, 3.05) is 0 Å². The molecule has 0 bridgehead atoms. The molecule has 118 valence electrons. The van der Waals surface area contributed by atoms with E-state index in [9.17, 15) is 4.79 Å². The van der Waals surface area contributed by atoms with E-state index < -0.39 is 0 Å². The van der Waals surface area contributed by atoms with E-state index in [1.54, 1.807) is 12.3 Å². The molecule has 0 fully saturated rings. The number of aromatic nitrogens is 3. The lowest BCUT2D eigenvalue weighted by atomic mass is 10.1. The standard InChI is InChI=1S/C17H18N4O2/c1-3-21-12(2)14(11-19-21)10-18-17(22)15-9-16(23-20-15)13-7-5-4-6-8-13/h4-9,11H,3,10H2,1-2H3,(H,18,22). The minimum atomic E-state index is -0.264. The normalized spacial score (nSPS) is 10.7. The average Bonchev–Trinajstić information content (AvgIpc) is 3.20. The topological polar surface area (TPSA) is 73.0 Å². The predicted molar refractivity (Wildman–Crippen MR) is 85.7 cm³/mol. The van der Waals surface area contributed by atoms with Crippen molar-refractivity contribution >= 4 is 5.91 Å². The Morgan fingerprint density at radius 3 is 2.78 bits per heavy atom. The number of hydrogen-bond donors (Lipinski definition) is 1. The van der Waals surface area contributed by atoms with Gasteiger partial charge in [0.25, 0.3) is 5.91 Å². The van der Waals surface area contributed by atoms with Crippen LogP contribution in [-0.4, -0.2) is 20.8 Å². The van der Waals surface area contributed by atoms with Crippen molar-refractivity contribution in [1.82, 2.24) is 20.3 Å². The number of benzene rings is 1. The Bertz CT molecular complexity index is 805. The summed E-state index contributed by atoms with van der Waals surface area (Å²) in [5, 5.41) is 10.9. The molecule has 1 amide bonds. The van der Waals surface area contributed by atoms with Crippen molar-refractivity contribution in [2.24, 2.45) is 0 Å². The molecule has 1 N–H and O–H groups in total. The first-order chi connectivity index (χ1) is 11.2. The van der Waals surface area contributed by atoms with E-state index >= 15 is 0 Å². The highest BCUT2D eigenvalue weighted by atomic mass is 16.5. The fraction of sp³-hybridized carbons (Fsp3) is 0.235. The van der Waals surface area contributed by atoms with Gasteiger partial charge < -0.3 is 9.84 Å². The molecule has 0 spiro atoms. The van der Waals surface area contributed by atoms with Gasteiger partial charge in [-0.2, -0.15) is 5.10 Å². The van der Waals surface area contributed by atoms with Gasteiger partial charge in [0.2, 0.25) is 0 Å². The Morgan fingerprint density at radius 1 is 1.30 bits per heavy atom. The SMILES string of the molecule is CCn1ncc(CNC(=O)c2cc(-c3ccccc3)on2)c1C. The lowest BCUT2D eigenvalue weighted by Gasteiger charge is -2.03. The second-order valence-corrected chi connectivity index (χ2v) is 5.20. The first-order valence-corrected chi connectivity index (χ1v) is 7.50. The maximum Gasteiger partial charge on any atom is 0.273 e. The van der Waals surface area contributed by atoms with E-state index in [4.69, 9.17) is 4.52 Å². The highest BCUT2D eigenvalue weighted by molar-refractivity contribution is 5.93. The zero-order valence-electron chi connectivity index (χ0n) is 13.1. The Kier molecular flexibility index (Phi) is 4.23. The van der Waals surface area contributed by atoms with E-state index in [0.29, 0.717) is 12.3 Å². The van der Waals surface area contributed by atoms with Gasteiger partial charge >= 0.3 is 0 Å². The Morgan fingerprint density at radius 2 is 2.09 bits per heavy atom.